The van der Waals surface area contributed by atoms with Gasteiger partial charge in [-0.25, -0.2) is 0 Å². The highest BCUT2D eigenvalue weighted by Crippen LogP contribution is 2.32. The van der Waals surface area contributed by atoms with Crippen LogP contribution in [0.25, 0.3) is 0 Å². The third-order valence-electron chi connectivity index (χ3n) is 3.88. The van der Waals surface area contributed by atoms with Crippen molar-refractivity contribution in [3.8, 4) is 5.75 Å². The molecule has 0 aromatic heterocycles. The fourth-order valence-electron chi connectivity index (χ4n) is 2.27. The van der Waals surface area contributed by atoms with Crippen LogP contribution in [0.4, 0.5) is 0 Å². The Kier molecular flexibility index (Phi) is 5.34. The van der Waals surface area contributed by atoms with Crippen molar-refractivity contribution in [1.29, 1.82) is 0 Å². The van der Waals surface area contributed by atoms with Crippen molar-refractivity contribution in [2.75, 3.05) is 6.54 Å². The number of hydrogen-bond acceptors (Lipinski definition) is 2. The summed E-state index contributed by atoms with van der Waals surface area (Å²) >= 11 is 6.31. The zero-order valence-corrected chi connectivity index (χ0v) is 13.8. The van der Waals surface area contributed by atoms with Crippen LogP contribution in [0.15, 0.2) is 12.1 Å². The van der Waals surface area contributed by atoms with E-state index in [4.69, 9.17) is 16.3 Å². The van der Waals surface area contributed by atoms with Crippen LogP contribution in [0.1, 0.15) is 57.1 Å². The minimum Gasteiger partial charge on any atom is -0.489 e. The molecule has 3 heteroatoms. The van der Waals surface area contributed by atoms with Gasteiger partial charge in [0.25, 0.3) is 0 Å². The molecule has 0 saturated heterocycles. The van der Waals surface area contributed by atoms with E-state index in [1.807, 2.05) is 6.07 Å². The molecular formula is C17H26ClNO. The van der Waals surface area contributed by atoms with Crippen LogP contribution in [0.5, 0.6) is 5.75 Å². The number of rotatable bonds is 7. The van der Waals surface area contributed by atoms with Crippen LogP contribution in [-0.4, -0.2) is 18.7 Å². The smallest absolute Gasteiger partial charge is 0.123 e. The van der Waals surface area contributed by atoms with E-state index in [2.05, 4.69) is 39.1 Å². The number of aryl methyl sites for hydroxylation is 1. The zero-order chi connectivity index (χ0) is 14.7. The van der Waals surface area contributed by atoms with Crippen molar-refractivity contribution in [2.24, 2.45) is 0 Å². The van der Waals surface area contributed by atoms with Gasteiger partial charge in [0.1, 0.15) is 11.9 Å². The Balaban J connectivity index is 2.07. The van der Waals surface area contributed by atoms with Gasteiger partial charge in [0, 0.05) is 17.6 Å². The van der Waals surface area contributed by atoms with Crippen LogP contribution in [0.3, 0.4) is 0 Å². The molecule has 1 aliphatic rings. The van der Waals surface area contributed by atoms with E-state index in [-0.39, 0.29) is 6.10 Å². The number of ether oxygens (including phenoxy) is 1. The van der Waals surface area contributed by atoms with Gasteiger partial charge in [-0.05, 0) is 55.4 Å². The Hall–Kier alpha value is -0.730. The fourth-order valence-corrected chi connectivity index (χ4v) is 2.71. The summed E-state index contributed by atoms with van der Waals surface area (Å²) in [7, 11) is 0. The van der Waals surface area contributed by atoms with Crippen molar-refractivity contribution in [3.05, 3.63) is 28.3 Å². The molecule has 112 valence electrons. The van der Waals surface area contributed by atoms with E-state index < -0.39 is 0 Å². The van der Waals surface area contributed by atoms with Crippen molar-refractivity contribution in [1.82, 2.24) is 5.32 Å². The third-order valence-corrected chi connectivity index (χ3v) is 4.20. The number of halogens is 1. The van der Waals surface area contributed by atoms with Crippen molar-refractivity contribution in [3.63, 3.8) is 0 Å². The van der Waals surface area contributed by atoms with E-state index >= 15 is 0 Å². The Morgan fingerprint density at radius 3 is 2.60 bits per heavy atom. The van der Waals surface area contributed by atoms with Crippen LogP contribution in [0.2, 0.25) is 5.02 Å². The van der Waals surface area contributed by atoms with Crippen molar-refractivity contribution < 1.29 is 4.74 Å². The van der Waals surface area contributed by atoms with Gasteiger partial charge in [-0.3, -0.25) is 0 Å². The van der Waals surface area contributed by atoms with Gasteiger partial charge in [-0.1, -0.05) is 32.4 Å². The monoisotopic (exact) mass is 295 g/mol. The normalized spacial score (nSPS) is 16.5. The Labute approximate surface area is 127 Å². The van der Waals surface area contributed by atoms with Gasteiger partial charge in [0.15, 0.2) is 0 Å². The van der Waals surface area contributed by atoms with E-state index in [0.29, 0.717) is 5.92 Å². The molecule has 2 nitrogen and oxygen atoms in total. The zero-order valence-electron chi connectivity index (χ0n) is 13.0. The third kappa shape index (κ3) is 4.13. The standard InChI is InChI=1S/C17H26ClNO/c1-5-14(10-19-13-6-7-13)20-17-9-15(11(2)3)16(18)8-12(17)4/h8-9,11,13-14,19H,5-7,10H2,1-4H3. The van der Waals surface area contributed by atoms with E-state index in [1.54, 1.807) is 0 Å². The quantitative estimate of drug-likeness (QED) is 0.788. The molecule has 0 spiro atoms. The molecule has 1 N–H and O–H groups in total. The average Bonchev–Trinajstić information content (AvgIpc) is 3.20. The predicted octanol–water partition coefficient (Wildman–Crippen LogP) is 4.68. The molecule has 1 aliphatic carbocycles. The lowest BCUT2D eigenvalue weighted by atomic mass is 10.0. The van der Waals surface area contributed by atoms with Gasteiger partial charge < -0.3 is 10.1 Å². The second-order valence-corrected chi connectivity index (χ2v) is 6.53. The molecule has 20 heavy (non-hydrogen) atoms. The van der Waals surface area contributed by atoms with Gasteiger partial charge in [-0.15, -0.1) is 0 Å². The van der Waals surface area contributed by atoms with E-state index in [1.165, 1.54) is 12.8 Å². The summed E-state index contributed by atoms with van der Waals surface area (Å²) in [5, 5.41) is 4.39. The van der Waals surface area contributed by atoms with Gasteiger partial charge >= 0.3 is 0 Å². The van der Waals surface area contributed by atoms with Crippen molar-refractivity contribution in [2.45, 2.75) is 65.0 Å². The van der Waals surface area contributed by atoms with Gasteiger partial charge in [0.05, 0.1) is 0 Å². The predicted molar refractivity (Wildman–Crippen MR) is 86.0 cm³/mol. The summed E-state index contributed by atoms with van der Waals surface area (Å²) < 4.78 is 6.20. The first-order valence-corrected chi connectivity index (χ1v) is 8.09. The lowest BCUT2D eigenvalue weighted by molar-refractivity contribution is 0.191. The molecule has 0 amide bonds. The highest BCUT2D eigenvalue weighted by atomic mass is 35.5. The molecule has 0 heterocycles. The molecule has 1 aromatic carbocycles. The molecular weight excluding hydrogens is 270 g/mol. The molecule has 1 atom stereocenters. The maximum Gasteiger partial charge on any atom is 0.123 e. The lowest BCUT2D eigenvalue weighted by Gasteiger charge is -2.21. The van der Waals surface area contributed by atoms with Crippen LogP contribution < -0.4 is 10.1 Å². The first kappa shape index (κ1) is 15.7. The molecule has 1 aromatic rings. The summed E-state index contributed by atoms with van der Waals surface area (Å²) in [5.41, 5.74) is 2.28. The highest BCUT2D eigenvalue weighted by Gasteiger charge is 2.22. The largest absolute Gasteiger partial charge is 0.489 e. The molecule has 1 unspecified atom stereocenters. The summed E-state index contributed by atoms with van der Waals surface area (Å²) in [6.07, 6.45) is 3.87. The van der Waals surface area contributed by atoms with Gasteiger partial charge in [0.2, 0.25) is 0 Å². The van der Waals surface area contributed by atoms with Crippen LogP contribution in [0, 0.1) is 6.92 Å². The Morgan fingerprint density at radius 2 is 2.05 bits per heavy atom. The maximum atomic E-state index is 6.31. The Morgan fingerprint density at radius 1 is 1.35 bits per heavy atom. The minimum absolute atomic E-state index is 0.232. The average molecular weight is 296 g/mol. The van der Waals surface area contributed by atoms with E-state index in [0.717, 1.165) is 40.9 Å². The number of nitrogens with one attached hydrogen (secondary N) is 1. The maximum absolute atomic E-state index is 6.31. The summed E-state index contributed by atoms with van der Waals surface area (Å²) in [6, 6.07) is 4.86. The van der Waals surface area contributed by atoms with E-state index in [9.17, 15) is 0 Å². The Bertz CT molecular complexity index is 455. The molecule has 2 rings (SSSR count). The molecule has 1 fully saturated rings. The fraction of sp³-hybridized carbons (Fsp3) is 0.647. The topological polar surface area (TPSA) is 21.3 Å². The second-order valence-electron chi connectivity index (χ2n) is 6.12. The molecule has 0 bridgehead atoms. The SMILES string of the molecule is CCC(CNC1CC1)Oc1cc(C(C)C)c(Cl)cc1C. The first-order chi connectivity index (χ1) is 9.51. The van der Waals surface area contributed by atoms with Crippen LogP contribution in [-0.2, 0) is 0 Å². The lowest BCUT2D eigenvalue weighted by Crippen LogP contribution is -2.32. The molecule has 0 radical (unpaired) electrons. The van der Waals surface area contributed by atoms with Gasteiger partial charge in [-0.2, -0.15) is 0 Å². The summed E-state index contributed by atoms with van der Waals surface area (Å²) in [6.45, 7) is 9.49. The molecule has 0 aliphatic heterocycles. The highest BCUT2D eigenvalue weighted by molar-refractivity contribution is 6.31. The minimum atomic E-state index is 0.232. The molecule has 1 saturated carbocycles. The summed E-state index contributed by atoms with van der Waals surface area (Å²) in [4.78, 5) is 0. The number of hydrogen-bond donors (Lipinski definition) is 1. The second kappa shape index (κ2) is 6.82. The van der Waals surface area contributed by atoms with Crippen LogP contribution >= 0.6 is 11.6 Å². The first-order valence-electron chi connectivity index (χ1n) is 7.71. The summed E-state index contributed by atoms with van der Waals surface area (Å²) in [5.74, 6) is 1.39. The van der Waals surface area contributed by atoms with Crippen molar-refractivity contribution >= 4 is 11.6 Å². The number of benzene rings is 1.